The van der Waals surface area contributed by atoms with Gasteiger partial charge in [0.2, 0.25) is 0 Å². The van der Waals surface area contributed by atoms with Crippen molar-refractivity contribution in [3.63, 3.8) is 0 Å². The molecule has 5 nitrogen and oxygen atoms in total. The minimum absolute atomic E-state index is 0.117. The Labute approximate surface area is 129 Å². The number of rotatable bonds is 4. The first-order chi connectivity index (χ1) is 10.5. The number of hydrogen-bond donors (Lipinski definition) is 0. The van der Waals surface area contributed by atoms with Gasteiger partial charge in [-0.1, -0.05) is 48.5 Å². The lowest BCUT2D eigenvalue weighted by molar-refractivity contribution is 0.426. The van der Waals surface area contributed by atoms with Crippen LogP contribution in [-0.2, 0) is 0 Å². The standard InChI is InChI=1S/C17H20N4O/c1-11(2)14-5-7-15(8-6-14)13(4)21-10-16(18-20-21)17-9-12(3)19-22-17/h5-11,13H,1-4H3. The smallest absolute Gasteiger partial charge is 0.189 e. The quantitative estimate of drug-likeness (QED) is 0.731. The zero-order valence-corrected chi connectivity index (χ0v) is 13.3. The molecular formula is C17H20N4O. The van der Waals surface area contributed by atoms with E-state index < -0.39 is 0 Å². The fourth-order valence-corrected chi connectivity index (χ4v) is 2.38. The summed E-state index contributed by atoms with van der Waals surface area (Å²) in [4.78, 5) is 0. The highest BCUT2D eigenvalue weighted by Gasteiger charge is 2.14. The molecule has 3 aromatic rings. The Morgan fingerprint density at radius 2 is 1.73 bits per heavy atom. The average molecular weight is 296 g/mol. The molecule has 1 aromatic carbocycles. The van der Waals surface area contributed by atoms with Crippen LogP contribution in [0.2, 0.25) is 0 Å². The van der Waals surface area contributed by atoms with Gasteiger partial charge in [0.05, 0.1) is 17.9 Å². The van der Waals surface area contributed by atoms with E-state index in [0.717, 1.165) is 5.69 Å². The first kappa shape index (κ1) is 14.5. The van der Waals surface area contributed by atoms with Crippen molar-refractivity contribution in [1.29, 1.82) is 0 Å². The van der Waals surface area contributed by atoms with Gasteiger partial charge >= 0.3 is 0 Å². The third kappa shape index (κ3) is 2.79. The highest BCUT2D eigenvalue weighted by Crippen LogP contribution is 2.23. The first-order valence-corrected chi connectivity index (χ1v) is 7.50. The number of benzene rings is 1. The predicted octanol–water partition coefficient (Wildman–Crippen LogP) is 3.97. The summed E-state index contributed by atoms with van der Waals surface area (Å²) in [5, 5.41) is 12.3. The Balaban J connectivity index is 1.83. The van der Waals surface area contributed by atoms with Gasteiger partial charge in [0.1, 0.15) is 0 Å². The van der Waals surface area contributed by atoms with Gasteiger partial charge in [0.15, 0.2) is 11.5 Å². The zero-order chi connectivity index (χ0) is 15.7. The molecule has 0 radical (unpaired) electrons. The van der Waals surface area contributed by atoms with Crippen LogP contribution in [0.4, 0.5) is 0 Å². The molecule has 0 bridgehead atoms. The Morgan fingerprint density at radius 1 is 1.05 bits per heavy atom. The zero-order valence-electron chi connectivity index (χ0n) is 13.3. The van der Waals surface area contributed by atoms with Crippen LogP contribution in [0.1, 0.15) is 49.6 Å². The summed E-state index contributed by atoms with van der Waals surface area (Å²) in [6.07, 6.45) is 1.89. The van der Waals surface area contributed by atoms with Crippen LogP contribution in [-0.4, -0.2) is 20.2 Å². The monoisotopic (exact) mass is 296 g/mol. The maximum atomic E-state index is 5.23. The topological polar surface area (TPSA) is 56.7 Å². The normalized spacial score (nSPS) is 12.8. The first-order valence-electron chi connectivity index (χ1n) is 7.50. The number of aromatic nitrogens is 4. The Morgan fingerprint density at radius 3 is 2.32 bits per heavy atom. The van der Waals surface area contributed by atoms with E-state index >= 15 is 0 Å². The van der Waals surface area contributed by atoms with Crippen LogP contribution in [0.5, 0.6) is 0 Å². The summed E-state index contributed by atoms with van der Waals surface area (Å²) >= 11 is 0. The lowest BCUT2D eigenvalue weighted by Crippen LogP contribution is -2.07. The third-order valence-corrected chi connectivity index (χ3v) is 3.87. The lowest BCUT2D eigenvalue weighted by atomic mass is 10.00. The van der Waals surface area contributed by atoms with Gasteiger partial charge in [0.25, 0.3) is 0 Å². The Kier molecular flexibility index (Phi) is 3.79. The number of aryl methyl sites for hydroxylation is 1. The largest absolute Gasteiger partial charge is 0.354 e. The molecule has 2 heterocycles. The van der Waals surface area contributed by atoms with E-state index in [-0.39, 0.29) is 6.04 Å². The fraction of sp³-hybridized carbons (Fsp3) is 0.353. The molecule has 5 heteroatoms. The molecule has 0 saturated heterocycles. The molecule has 0 spiro atoms. The Hall–Kier alpha value is -2.43. The minimum atomic E-state index is 0.117. The molecule has 3 rings (SSSR count). The van der Waals surface area contributed by atoms with Crippen LogP contribution in [0.3, 0.4) is 0 Å². The number of nitrogens with zero attached hydrogens (tertiary/aromatic N) is 4. The average Bonchev–Trinajstić information content (AvgIpc) is 3.15. The van der Waals surface area contributed by atoms with Gasteiger partial charge in [-0.25, -0.2) is 4.68 Å². The number of hydrogen-bond acceptors (Lipinski definition) is 4. The predicted molar refractivity (Wildman–Crippen MR) is 84.6 cm³/mol. The highest BCUT2D eigenvalue weighted by atomic mass is 16.5. The Bertz CT molecular complexity index is 755. The molecule has 0 saturated carbocycles. The van der Waals surface area contributed by atoms with Crippen molar-refractivity contribution < 1.29 is 4.52 Å². The van der Waals surface area contributed by atoms with E-state index in [9.17, 15) is 0 Å². The summed E-state index contributed by atoms with van der Waals surface area (Å²) in [7, 11) is 0. The van der Waals surface area contributed by atoms with Gasteiger partial charge < -0.3 is 4.52 Å². The van der Waals surface area contributed by atoms with Gasteiger partial charge in [-0.2, -0.15) is 0 Å². The molecule has 0 aliphatic rings. The van der Waals surface area contributed by atoms with Crippen LogP contribution < -0.4 is 0 Å². The second kappa shape index (κ2) is 5.75. The van der Waals surface area contributed by atoms with Crippen LogP contribution in [0.15, 0.2) is 41.1 Å². The lowest BCUT2D eigenvalue weighted by Gasteiger charge is -2.13. The maximum Gasteiger partial charge on any atom is 0.189 e. The van der Waals surface area contributed by atoms with Gasteiger partial charge in [-0.3, -0.25) is 0 Å². The maximum absolute atomic E-state index is 5.23. The van der Waals surface area contributed by atoms with Crippen molar-refractivity contribution in [2.75, 3.05) is 0 Å². The molecule has 0 amide bonds. The van der Waals surface area contributed by atoms with Gasteiger partial charge in [-0.15, -0.1) is 5.10 Å². The highest BCUT2D eigenvalue weighted by molar-refractivity contribution is 5.49. The van der Waals surface area contributed by atoms with Crippen molar-refractivity contribution in [3.8, 4) is 11.5 Å². The summed E-state index contributed by atoms with van der Waals surface area (Å²) in [6.45, 7) is 8.38. The van der Waals surface area contributed by atoms with E-state index in [0.29, 0.717) is 17.4 Å². The molecular weight excluding hydrogens is 276 g/mol. The van der Waals surface area contributed by atoms with Crippen molar-refractivity contribution in [2.24, 2.45) is 0 Å². The molecule has 22 heavy (non-hydrogen) atoms. The van der Waals surface area contributed by atoms with E-state index in [4.69, 9.17) is 4.52 Å². The summed E-state index contributed by atoms with van der Waals surface area (Å²) in [5.41, 5.74) is 4.08. The molecule has 0 aliphatic heterocycles. The van der Waals surface area contributed by atoms with E-state index in [1.165, 1.54) is 11.1 Å². The van der Waals surface area contributed by atoms with Crippen molar-refractivity contribution in [3.05, 3.63) is 53.3 Å². The SMILES string of the molecule is Cc1cc(-c2cn(C(C)c3ccc(C(C)C)cc3)nn2)on1. The van der Waals surface area contributed by atoms with Crippen LogP contribution in [0, 0.1) is 6.92 Å². The molecule has 0 fully saturated rings. The second-order valence-electron chi connectivity index (χ2n) is 5.91. The summed E-state index contributed by atoms with van der Waals surface area (Å²) in [6, 6.07) is 10.6. The van der Waals surface area contributed by atoms with Gasteiger partial charge in [0, 0.05) is 6.07 Å². The molecule has 1 unspecified atom stereocenters. The van der Waals surface area contributed by atoms with Crippen LogP contribution in [0.25, 0.3) is 11.5 Å². The van der Waals surface area contributed by atoms with E-state index in [1.807, 2.05) is 23.9 Å². The summed E-state index contributed by atoms with van der Waals surface area (Å²) in [5.74, 6) is 1.18. The van der Waals surface area contributed by atoms with Crippen LogP contribution >= 0.6 is 0 Å². The minimum Gasteiger partial charge on any atom is -0.354 e. The van der Waals surface area contributed by atoms with Gasteiger partial charge in [-0.05, 0) is 30.9 Å². The molecule has 1 atom stereocenters. The van der Waals surface area contributed by atoms with E-state index in [1.54, 1.807) is 0 Å². The molecule has 2 aromatic heterocycles. The van der Waals surface area contributed by atoms with Crippen molar-refractivity contribution in [2.45, 2.75) is 39.7 Å². The third-order valence-electron chi connectivity index (χ3n) is 3.87. The summed E-state index contributed by atoms with van der Waals surface area (Å²) < 4.78 is 7.07. The molecule has 0 aliphatic carbocycles. The molecule has 114 valence electrons. The van der Waals surface area contributed by atoms with Crippen molar-refractivity contribution >= 4 is 0 Å². The molecule has 0 N–H and O–H groups in total. The van der Waals surface area contributed by atoms with Crippen molar-refractivity contribution in [1.82, 2.24) is 20.2 Å². The second-order valence-corrected chi connectivity index (χ2v) is 5.91. The van der Waals surface area contributed by atoms with E-state index in [2.05, 4.69) is 60.5 Å². The fourth-order valence-electron chi connectivity index (χ4n) is 2.38.